The second-order valence-corrected chi connectivity index (χ2v) is 8.09. The normalized spacial score (nSPS) is 11.7. The molecule has 0 aliphatic carbocycles. The molecule has 0 saturated heterocycles. The summed E-state index contributed by atoms with van der Waals surface area (Å²) in [6.45, 7) is 2.24. The third-order valence-corrected chi connectivity index (χ3v) is 7.03. The number of hydrogen-bond donors (Lipinski definition) is 0. The molecule has 0 bridgehead atoms. The molecule has 3 heteroatoms. The first-order valence-electron chi connectivity index (χ1n) is 6.95. The van der Waals surface area contributed by atoms with E-state index in [4.69, 9.17) is 8.85 Å². The molecule has 0 saturated carbocycles. The molecule has 18 heavy (non-hydrogen) atoms. The summed E-state index contributed by atoms with van der Waals surface area (Å²) in [6.07, 6.45) is 6.42. The zero-order valence-corrected chi connectivity index (χ0v) is 12.9. The minimum atomic E-state index is -2.18. The molecular formula is C15H26O2Si. The quantitative estimate of drug-likeness (QED) is 0.502. The molecule has 1 aromatic rings. The molecule has 0 fully saturated rings. The Morgan fingerprint density at radius 1 is 0.889 bits per heavy atom. The summed E-state index contributed by atoms with van der Waals surface area (Å²) in [5, 5.41) is 1.24. The van der Waals surface area contributed by atoms with E-state index in [2.05, 4.69) is 31.2 Å². The summed E-state index contributed by atoms with van der Waals surface area (Å²) in [5.41, 5.74) is 0. The van der Waals surface area contributed by atoms with E-state index >= 15 is 0 Å². The average molecular weight is 266 g/mol. The number of unbranched alkanes of at least 4 members (excludes halogenated alkanes) is 4. The number of rotatable bonds is 9. The van der Waals surface area contributed by atoms with Crippen LogP contribution in [0.2, 0.25) is 6.04 Å². The van der Waals surface area contributed by atoms with Crippen molar-refractivity contribution in [3.05, 3.63) is 30.3 Å². The largest absolute Gasteiger partial charge is 0.394 e. The van der Waals surface area contributed by atoms with Gasteiger partial charge in [0.1, 0.15) is 0 Å². The van der Waals surface area contributed by atoms with E-state index in [0.29, 0.717) is 0 Å². The van der Waals surface area contributed by atoms with Crippen LogP contribution in [0.5, 0.6) is 0 Å². The summed E-state index contributed by atoms with van der Waals surface area (Å²) >= 11 is 0. The van der Waals surface area contributed by atoms with Crippen LogP contribution in [0.25, 0.3) is 0 Å². The van der Waals surface area contributed by atoms with Gasteiger partial charge in [0.15, 0.2) is 0 Å². The molecule has 0 atom stereocenters. The predicted octanol–water partition coefficient (Wildman–Crippen LogP) is 3.60. The lowest BCUT2D eigenvalue weighted by Crippen LogP contribution is -2.52. The van der Waals surface area contributed by atoms with Gasteiger partial charge in [-0.15, -0.1) is 0 Å². The molecule has 0 unspecified atom stereocenters. The molecule has 0 amide bonds. The van der Waals surface area contributed by atoms with E-state index < -0.39 is 8.56 Å². The molecule has 0 heterocycles. The van der Waals surface area contributed by atoms with Crippen molar-refractivity contribution in [2.75, 3.05) is 14.2 Å². The molecule has 1 aromatic carbocycles. The topological polar surface area (TPSA) is 18.5 Å². The second-order valence-electron chi connectivity index (χ2n) is 4.69. The zero-order chi connectivity index (χ0) is 13.3. The van der Waals surface area contributed by atoms with Gasteiger partial charge in [-0.25, -0.2) is 0 Å². The van der Waals surface area contributed by atoms with Crippen LogP contribution >= 0.6 is 0 Å². The minimum Gasteiger partial charge on any atom is -0.394 e. The van der Waals surface area contributed by atoms with Crippen LogP contribution in [-0.2, 0) is 8.85 Å². The SMILES string of the molecule is CCCCCCC[Si](OC)(OC)c1ccccc1. The van der Waals surface area contributed by atoms with Crippen molar-refractivity contribution in [2.24, 2.45) is 0 Å². The Bertz CT molecular complexity index is 310. The third-order valence-electron chi connectivity index (χ3n) is 3.48. The zero-order valence-electron chi connectivity index (χ0n) is 11.9. The van der Waals surface area contributed by atoms with Gasteiger partial charge in [0.05, 0.1) is 0 Å². The Labute approximate surface area is 113 Å². The Hall–Kier alpha value is -0.643. The van der Waals surface area contributed by atoms with E-state index in [1.165, 1.54) is 37.3 Å². The molecule has 1 rings (SSSR count). The van der Waals surface area contributed by atoms with E-state index in [9.17, 15) is 0 Å². The molecular weight excluding hydrogens is 240 g/mol. The van der Waals surface area contributed by atoms with Gasteiger partial charge < -0.3 is 8.85 Å². The fraction of sp³-hybridized carbons (Fsp3) is 0.600. The van der Waals surface area contributed by atoms with Crippen molar-refractivity contribution < 1.29 is 8.85 Å². The maximum atomic E-state index is 5.80. The molecule has 102 valence electrons. The van der Waals surface area contributed by atoms with Crippen LogP contribution in [0, 0.1) is 0 Å². The highest BCUT2D eigenvalue weighted by atomic mass is 28.4. The van der Waals surface area contributed by atoms with Gasteiger partial charge in [-0.3, -0.25) is 0 Å². The van der Waals surface area contributed by atoms with Gasteiger partial charge in [-0.2, -0.15) is 0 Å². The van der Waals surface area contributed by atoms with Gasteiger partial charge in [0.25, 0.3) is 0 Å². The summed E-state index contributed by atoms with van der Waals surface area (Å²) in [5.74, 6) is 0. The smallest absolute Gasteiger partial charge is 0.371 e. The standard InChI is InChI=1S/C15H26O2Si/c1-4-5-6-7-11-14-18(16-2,17-3)15-12-9-8-10-13-15/h8-10,12-13H,4-7,11,14H2,1-3H3. The van der Waals surface area contributed by atoms with Crippen LogP contribution in [0.3, 0.4) is 0 Å². The minimum absolute atomic E-state index is 1.05. The fourth-order valence-corrected chi connectivity index (χ4v) is 5.07. The first kappa shape index (κ1) is 15.4. The van der Waals surface area contributed by atoms with Crippen molar-refractivity contribution >= 4 is 13.7 Å². The Morgan fingerprint density at radius 3 is 2.06 bits per heavy atom. The Kier molecular flexibility index (Phi) is 7.24. The molecule has 2 nitrogen and oxygen atoms in total. The van der Waals surface area contributed by atoms with Crippen molar-refractivity contribution in [2.45, 2.75) is 45.1 Å². The summed E-state index contributed by atoms with van der Waals surface area (Å²) in [6, 6.07) is 11.5. The second kappa shape index (κ2) is 8.46. The highest BCUT2D eigenvalue weighted by molar-refractivity contribution is 6.81. The molecule has 0 spiro atoms. The van der Waals surface area contributed by atoms with E-state index in [1.807, 2.05) is 6.07 Å². The first-order valence-corrected chi connectivity index (χ1v) is 8.97. The van der Waals surface area contributed by atoms with Gasteiger partial charge >= 0.3 is 8.56 Å². The predicted molar refractivity (Wildman–Crippen MR) is 79.4 cm³/mol. The third kappa shape index (κ3) is 4.23. The average Bonchev–Trinajstić information content (AvgIpc) is 2.44. The highest BCUT2D eigenvalue weighted by Gasteiger charge is 2.37. The number of benzene rings is 1. The molecule has 0 aliphatic heterocycles. The molecule has 0 N–H and O–H groups in total. The summed E-state index contributed by atoms with van der Waals surface area (Å²) < 4.78 is 11.6. The lowest BCUT2D eigenvalue weighted by Gasteiger charge is -2.27. The monoisotopic (exact) mass is 266 g/mol. The fourth-order valence-electron chi connectivity index (χ4n) is 2.32. The maximum absolute atomic E-state index is 5.80. The number of hydrogen-bond acceptors (Lipinski definition) is 2. The van der Waals surface area contributed by atoms with Crippen LogP contribution in [0.1, 0.15) is 39.0 Å². The van der Waals surface area contributed by atoms with E-state index in [0.717, 1.165) is 6.04 Å². The van der Waals surface area contributed by atoms with Gasteiger partial charge in [0.2, 0.25) is 0 Å². The van der Waals surface area contributed by atoms with Gasteiger partial charge in [-0.1, -0.05) is 69.4 Å². The van der Waals surface area contributed by atoms with Crippen LogP contribution < -0.4 is 5.19 Å². The summed E-state index contributed by atoms with van der Waals surface area (Å²) in [7, 11) is 1.39. The van der Waals surface area contributed by atoms with Crippen molar-refractivity contribution in [1.82, 2.24) is 0 Å². The Balaban J connectivity index is 2.58. The van der Waals surface area contributed by atoms with Crippen molar-refractivity contribution in [3.63, 3.8) is 0 Å². The lowest BCUT2D eigenvalue weighted by molar-refractivity contribution is 0.256. The molecule has 0 radical (unpaired) electrons. The highest BCUT2D eigenvalue weighted by Crippen LogP contribution is 2.17. The summed E-state index contributed by atoms with van der Waals surface area (Å²) in [4.78, 5) is 0. The van der Waals surface area contributed by atoms with Gasteiger partial charge in [0, 0.05) is 14.2 Å². The van der Waals surface area contributed by atoms with Crippen LogP contribution in [0.4, 0.5) is 0 Å². The molecule has 0 aromatic heterocycles. The van der Waals surface area contributed by atoms with Crippen molar-refractivity contribution in [3.8, 4) is 0 Å². The van der Waals surface area contributed by atoms with Crippen LogP contribution in [-0.4, -0.2) is 22.8 Å². The van der Waals surface area contributed by atoms with E-state index in [-0.39, 0.29) is 0 Å². The maximum Gasteiger partial charge on any atom is 0.371 e. The van der Waals surface area contributed by atoms with Gasteiger partial charge in [-0.05, 0) is 11.2 Å². The first-order chi connectivity index (χ1) is 8.79. The molecule has 0 aliphatic rings. The lowest BCUT2D eigenvalue weighted by atomic mass is 10.2. The Morgan fingerprint density at radius 2 is 1.50 bits per heavy atom. The van der Waals surface area contributed by atoms with Crippen molar-refractivity contribution in [1.29, 1.82) is 0 Å². The van der Waals surface area contributed by atoms with E-state index in [1.54, 1.807) is 14.2 Å². The van der Waals surface area contributed by atoms with Crippen LogP contribution in [0.15, 0.2) is 30.3 Å².